The molecule has 3 aromatic carbocycles. The molecule has 1 aliphatic carbocycles. The summed E-state index contributed by atoms with van der Waals surface area (Å²) in [6.45, 7) is 1.54. The summed E-state index contributed by atoms with van der Waals surface area (Å²) in [5, 5.41) is 24.9. The minimum absolute atomic E-state index is 0.00165. The van der Waals surface area contributed by atoms with Gasteiger partial charge in [-0.3, -0.25) is 9.48 Å². The highest BCUT2D eigenvalue weighted by Gasteiger charge is 2.23. The number of hydrogen-bond donors (Lipinski definition) is 2. The number of fused-ring (bicyclic) bond motifs is 1. The SMILES string of the molecule is CC(CC(=O)O)c1cc(F)c(OCc2ccc3c(-c4ccc(O)c(Cl)c4)nn(C4CCCC4)c3c2)c(F)c1. The fraction of sp³-hybridized carbons (Fsp3) is 0.310. The number of benzene rings is 3. The number of carboxylic acids is 1. The van der Waals surface area contributed by atoms with Crippen LogP contribution in [0.2, 0.25) is 5.02 Å². The lowest BCUT2D eigenvalue weighted by atomic mass is 9.97. The van der Waals surface area contributed by atoms with Crippen molar-refractivity contribution in [3.8, 4) is 22.8 Å². The summed E-state index contributed by atoms with van der Waals surface area (Å²) in [6, 6.07) is 13.1. The van der Waals surface area contributed by atoms with Gasteiger partial charge in [-0.1, -0.05) is 43.5 Å². The van der Waals surface area contributed by atoms with Gasteiger partial charge in [0.2, 0.25) is 0 Å². The Kier molecular flexibility index (Phi) is 7.25. The molecule has 0 spiro atoms. The molecule has 0 aliphatic heterocycles. The Balaban J connectivity index is 1.45. The quantitative estimate of drug-likeness (QED) is 0.240. The second-order valence-corrected chi connectivity index (χ2v) is 10.3. The number of hydrogen-bond acceptors (Lipinski definition) is 4. The van der Waals surface area contributed by atoms with Crippen molar-refractivity contribution in [2.75, 3.05) is 0 Å². The van der Waals surface area contributed by atoms with Gasteiger partial charge in [0.25, 0.3) is 0 Å². The van der Waals surface area contributed by atoms with E-state index in [0.29, 0.717) is 5.56 Å². The first kappa shape index (κ1) is 26.0. The van der Waals surface area contributed by atoms with Crippen LogP contribution in [0.25, 0.3) is 22.2 Å². The Labute approximate surface area is 223 Å². The fourth-order valence-electron chi connectivity index (χ4n) is 5.10. The lowest BCUT2D eigenvalue weighted by molar-refractivity contribution is -0.137. The number of aromatic nitrogens is 2. The number of aliphatic carboxylic acids is 1. The van der Waals surface area contributed by atoms with Gasteiger partial charge in [-0.05, 0) is 66.3 Å². The van der Waals surface area contributed by atoms with Crippen molar-refractivity contribution < 1.29 is 28.5 Å². The van der Waals surface area contributed by atoms with Crippen molar-refractivity contribution in [1.29, 1.82) is 0 Å². The maximum absolute atomic E-state index is 14.7. The number of ether oxygens (including phenoxy) is 1. The Morgan fingerprint density at radius 2 is 1.84 bits per heavy atom. The first-order valence-electron chi connectivity index (χ1n) is 12.5. The smallest absolute Gasteiger partial charge is 0.303 e. The molecule has 1 fully saturated rings. The predicted molar refractivity (Wildman–Crippen MR) is 141 cm³/mol. The Hall–Kier alpha value is -3.65. The topological polar surface area (TPSA) is 84.6 Å². The van der Waals surface area contributed by atoms with Crippen LogP contribution in [0.1, 0.15) is 62.1 Å². The summed E-state index contributed by atoms with van der Waals surface area (Å²) in [5.74, 6) is -3.83. The molecule has 1 heterocycles. The van der Waals surface area contributed by atoms with Crippen molar-refractivity contribution in [2.45, 2.75) is 57.6 Å². The number of phenolic OH excluding ortho intramolecular Hbond substituents is 1. The van der Waals surface area contributed by atoms with E-state index in [1.165, 1.54) is 6.07 Å². The van der Waals surface area contributed by atoms with E-state index in [1.807, 2.05) is 22.9 Å². The van der Waals surface area contributed by atoms with Crippen LogP contribution in [0, 0.1) is 11.6 Å². The van der Waals surface area contributed by atoms with Gasteiger partial charge in [0, 0.05) is 10.9 Å². The van der Waals surface area contributed by atoms with E-state index in [4.69, 9.17) is 26.5 Å². The van der Waals surface area contributed by atoms with E-state index in [9.17, 15) is 18.7 Å². The molecule has 1 unspecified atom stereocenters. The van der Waals surface area contributed by atoms with Crippen molar-refractivity contribution in [1.82, 2.24) is 9.78 Å². The van der Waals surface area contributed by atoms with Crippen LogP contribution in [-0.4, -0.2) is 26.0 Å². The van der Waals surface area contributed by atoms with Gasteiger partial charge < -0.3 is 14.9 Å². The number of aromatic hydroxyl groups is 1. The first-order valence-corrected chi connectivity index (χ1v) is 12.9. The summed E-state index contributed by atoms with van der Waals surface area (Å²) in [7, 11) is 0. The van der Waals surface area contributed by atoms with E-state index < -0.39 is 29.3 Å². The highest BCUT2D eigenvalue weighted by molar-refractivity contribution is 6.32. The minimum atomic E-state index is -1.04. The highest BCUT2D eigenvalue weighted by atomic mass is 35.5. The molecule has 1 saturated carbocycles. The van der Waals surface area contributed by atoms with Crippen LogP contribution < -0.4 is 4.74 Å². The molecule has 6 nitrogen and oxygen atoms in total. The summed E-state index contributed by atoms with van der Waals surface area (Å²) in [6.07, 6.45) is 4.03. The zero-order valence-corrected chi connectivity index (χ0v) is 21.5. The maximum atomic E-state index is 14.7. The molecule has 0 saturated heterocycles. The number of rotatable bonds is 8. The zero-order chi connectivity index (χ0) is 27.0. The second-order valence-electron chi connectivity index (χ2n) is 9.85. The molecular weight excluding hydrogens is 514 g/mol. The number of phenols is 1. The average molecular weight is 541 g/mol. The van der Waals surface area contributed by atoms with Gasteiger partial charge in [-0.25, -0.2) is 8.78 Å². The zero-order valence-electron chi connectivity index (χ0n) is 20.8. The second kappa shape index (κ2) is 10.6. The maximum Gasteiger partial charge on any atom is 0.303 e. The summed E-state index contributed by atoms with van der Waals surface area (Å²) in [4.78, 5) is 11.0. The van der Waals surface area contributed by atoms with Crippen molar-refractivity contribution in [3.63, 3.8) is 0 Å². The standard InChI is InChI=1S/C29H27ClF2N2O4/c1-16(10-27(36)37)19-13-23(31)29(24(32)14-19)38-15-17-6-8-21-25(11-17)34(20-4-2-3-5-20)33-28(21)18-7-9-26(35)22(30)12-18/h6-9,11-14,16,20,35H,2-5,10,15H2,1H3,(H,36,37). The third-order valence-electron chi connectivity index (χ3n) is 7.12. The number of halogens is 3. The van der Waals surface area contributed by atoms with Gasteiger partial charge in [0.05, 0.1) is 23.0 Å². The average Bonchev–Trinajstić information content (AvgIpc) is 3.52. The monoisotopic (exact) mass is 540 g/mol. The molecule has 1 atom stereocenters. The van der Waals surface area contributed by atoms with Crippen LogP contribution >= 0.6 is 11.6 Å². The Morgan fingerprint density at radius 3 is 2.50 bits per heavy atom. The van der Waals surface area contributed by atoms with E-state index >= 15 is 0 Å². The van der Waals surface area contributed by atoms with E-state index in [-0.39, 0.29) is 35.4 Å². The lowest BCUT2D eigenvalue weighted by Gasteiger charge is -2.14. The molecule has 4 aromatic rings. The van der Waals surface area contributed by atoms with Gasteiger partial charge >= 0.3 is 5.97 Å². The fourth-order valence-corrected chi connectivity index (χ4v) is 5.28. The summed E-state index contributed by atoms with van der Waals surface area (Å²) < 4.78 is 37.0. The molecule has 2 N–H and O–H groups in total. The molecule has 0 amide bonds. The Bertz CT molecular complexity index is 1490. The van der Waals surface area contributed by atoms with Crippen molar-refractivity contribution >= 4 is 28.5 Å². The van der Waals surface area contributed by atoms with E-state index in [0.717, 1.165) is 60.0 Å². The molecule has 5 rings (SSSR count). The molecule has 0 radical (unpaired) electrons. The number of carbonyl (C=O) groups is 1. The van der Waals surface area contributed by atoms with Crippen LogP contribution in [0.15, 0.2) is 48.5 Å². The third-order valence-corrected chi connectivity index (χ3v) is 7.42. The normalized spacial score (nSPS) is 14.7. The van der Waals surface area contributed by atoms with Crippen LogP contribution in [0.4, 0.5) is 8.78 Å². The summed E-state index contributed by atoms with van der Waals surface area (Å²) >= 11 is 6.16. The number of carboxylic acid groups (broad SMARTS) is 1. The van der Waals surface area contributed by atoms with E-state index in [1.54, 1.807) is 19.1 Å². The van der Waals surface area contributed by atoms with Gasteiger partial charge in [-0.2, -0.15) is 5.10 Å². The van der Waals surface area contributed by atoms with Crippen molar-refractivity contribution in [3.05, 3.63) is 76.3 Å². The molecule has 1 aromatic heterocycles. The van der Waals surface area contributed by atoms with Gasteiger partial charge in [-0.15, -0.1) is 0 Å². The molecule has 38 heavy (non-hydrogen) atoms. The van der Waals surface area contributed by atoms with Crippen LogP contribution in [-0.2, 0) is 11.4 Å². The highest BCUT2D eigenvalue weighted by Crippen LogP contribution is 2.38. The molecular formula is C29H27ClF2N2O4. The Morgan fingerprint density at radius 1 is 1.13 bits per heavy atom. The van der Waals surface area contributed by atoms with Crippen LogP contribution in [0.3, 0.4) is 0 Å². The van der Waals surface area contributed by atoms with E-state index in [2.05, 4.69) is 0 Å². The first-order chi connectivity index (χ1) is 18.2. The third kappa shape index (κ3) is 5.18. The molecule has 9 heteroatoms. The largest absolute Gasteiger partial charge is 0.506 e. The lowest BCUT2D eigenvalue weighted by Crippen LogP contribution is -2.07. The number of nitrogens with zero attached hydrogens (tertiary/aromatic N) is 2. The molecule has 198 valence electrons. The molecule has 1 aliphatic rings. The van der Waals surface area contributed by atoms with Gasteiger partial charge in [0.1, 0.15) is 18.1 Å². The van der Waals surface area contributed by atoms with Crippen molar-refractivity contribution in [2.24, 2.45) is 0 Å². The van der Waals surface area contributed by atoms with Gasteiger partial charge in [0.15, 0.2) is 17.4 Å². The summed E-state index contributed by atoms with van der Waals surface area (Å²) in [5.41, 5.74) is 3.38. The predicted octanol–water partition coefficient (Wildman–Crippen LogP) is 7.61. The van der Waals surface area contributed by atoms with Crippen LogP contribution in [0.5, 0.6) is 11.5 Å². The minimum Gasteiger partial charge on any atom is -0.506 e. The molecule has 0 bridgehead atoms.